The molecule has 8 heteroatoms. The second-order valence-corrected chi connectivity index (χ2v) is 6.28. The summed E-state index contributed by atoms with van der Waals surface area (Å²) < 4.78 is 5.48. The first-order valence-electron chi connectivity index (χ1n) is 8.14. The third kappa shape index (κ3) is 4.67. The highest BCUT2D eigenvalue weighted by atomic mass is 35.5. The maximum atomic E-state index is 12.2. The molecule has 1 heterocycles. The summed E-state index contributed by atoms with van der Waals surface area (Å²) in [6.07, 6.45) is 1.39. The zero-order chi connectivity index (χ0) is 19.2. The molecule has 6 nitrogen and oxygen atoms in total. The van der Waals surface area contributed by atoms with Crippen LogP contribution in [-0.2, 0) is 0 Å². The zero-order valence-corrected chi connectivity index (χ0v) is 15.9. The highest BCUT2D eigenvalue weighted by molar-refractivity contribution is 6.38. The third-order valence-electron chi connectivity index (χ3n) is 3.62. The van der Waals surface area contributed by atoms with Gasteiger partial charge in [0, 0.05) is 11.1 Å². The summed E-state index contributed by atoms with van der Waals surface area (Å²) in [5, 5.41) is 11.7. The van der Waals surface area contributed by atoms with Gasteiger partial charge in [0.05, 0.1) is 28.6 Å². The van der Waals surface area contributed by atoms with Crippen LogP contribution >= 0.6 is 23.2 Å². The van der Waals surface area contributed by atoms with Gasteiger partial charge in [0.2, 0.25) is 0 Å². The molecule has 0 aliphatic heterocycles. The van der Waals surface area contributed by atoms with Crippen molar-refractivity contribution in [3.8, 4) is 17.0 Å². The predicted octanol–water partition coefficient (Wildman–Crippen LogP) is 4.55. The number of rotatable bonds is 6. The van der Waals surface area contributed by atoms with Gasteiger partial charge in [-0.15, -0.1) is 0 Å². The number of carbonyl (C=O) groups is 1. The lowest BCUT2D eigenvalue weighted by Crippen LogP contribution is -2.18. The standard InChI is InChI=1S/C19H16Cl2N4O2/c1-2-27-13-6-3-5-12(9-13)17-10-18(24-23-17)19(26)25-22-11-14-15(20)7-4-8-16(14)21/h3-11H,2H2,1H3,(H,23,24)(H,25,26)/b22-11+. The Kier molecular flexibility index (Phi) is 6.11. The third-order valence-corrected chi connectivity index (χ3v) is 4.28. The molecule has 0 spiro atoms. The van der Waals surface area contributed by atoms with E-state index in [0.717, 1.165) is 11.3 Å². The first-order chi connectivity index (χ1) is 13.1. The van der Waals surface area contributed by atoms with Crippen molar-refractivity contribution in [3.05, 3.63) is 69.8 Å². The van der Waals surface area contributed by atoms with Crippen LogP contribution in [0, 0.1) is 0 Å². The van der Waals surface area contributed by atoms with Crippen LogP contribution in [0.4, 0.5) is 0 Å². The summed E-state index contributed by atoms with van der Waals surface area (Å²) in [5.74, 6) is 0.305. The summed E-state index contributed by atoms with van der Waals surface area (Å²) in [6.45, 7) is 2.49. The van der Waals surface area contributed by atoms with Gasteiger partial charge in [0.25, 0.3) is 5.91 Å². The predicted molar refractivity (Wildman–Crippen MR) is 107 cm³/mol. The smallest absolute Gasteiger partial charge is 0.289 e. The molecule has 0 saturated heterocycles. The highest BCUT2D eigenvalue weighted by Crippen LogP contribution is 2.23. The largest absolute Gasteiger partial charge is 0.494 e. The van der Waals surface area contributed by atoms with E-state index in [1.165, 1.54) is 6.21 Å². The first-order valence-corrected chi connectivity index (χ1v) is 8.90. The van der Waals surface area contributed by atoms with Crippen LogP contribution in [0.3, 0.4) is 0 Å². The number of aromatic nitrogens is 2. The summed E-state index contributed by atoms with van der Waals surface area (Å²) in [5.41, 5.74) is 4.68. The Morgan fingerprint density at radius 1 is 1.22 bits per heavy atom. The molecule has 0 fully saturated rings. The van der Waals surface area contributed by atoms with E-state index in [0.29, 0.717) is 27.9 Å². The molecule has 1 amide bonds. The van der Waals surface area contributed by atoms with Crippen LogP contribution in [0.1, 0.15) is 23.0 Å². The number of benzene rings is 2. The Labute approximate surface area is 166 Å². The number of nitrogens with zero attached hydrogens (tertiary/aromatic N) is 2. The second kappa shape index (κ2) is 8.70. The minimum absolute atomic E-state index is 0.272. The van der Waals surface area contributed by atoms with E-state index in [1.807, 2.05) is 31.2 Å². The Morgan fingerprint density at radius 3 is 2.70 bits per heavy atom. The maximum Gasteiger partial charge on any atom is 0.289 e. The molecule has 2 aromatic carbocycles. The average molecular weight is 403 g/mol. The molecule has 27 heavy (non-hydrogen) atoms. The number of nitrogens with one attached hydrogen (secondary N) is 2. The normalized spacial score (nSPS) is 10.9. The molecule has 0 radical (unpaired) electrons. The van der Waals surface area contributed by atoms with Crippen LogP contribution in [0.5, 0.6) is 5.75 Å². The summed E-state index contributed by atoms with van der Waals surface area (Å²) in [6, 6.07) is 14.2. The lowest BCUT2D eigenvalue weighted by molar-refractivity contribution is 0.0950. The quantitative estimate of drug-likeness (QED) is 0.468. The van der Waals surface area contributed by atoms with Crippen molar-refractivity contribution in [1.29, 1.82) is 0 Å². The van der Waals surface area contributed by atoms with Crippen molar-refractivity contribution in [3.63, 3.8) is 0 Å². The van der Waals surface area contributed by atoms with Crippen molar-refractivity contribution in [1.82, 2.24) is 15.6 Å². The number of aromatic amines is 1. The maximum absolute atomic E-state index is 12.2. The fourth-order valence-electron chi connectivity index (χ4n) is 2.35. The van der Waals surface area contributed by atoms with E-state index in [1.54, 1.807) is 24.3 Å². The lowest BCUT2D eigenvalue weighted by atomic mass is 10.1. The number of hydrogen-bond donors (Lipinski definition) is 2. The van der Waals surface area contributed by atoms with Gasteiger partial charge in [0.15, 0.2) is 0 Å². The lowest BCUT2D eigenvalue weighted by Gasteiger charge is -2.03. The van der Waals surface area contributed by atoms with Crippen LogP contribution < -0.4 is 10.2 Å². The fourth-order valence-corrected chi connectivity index (χ4v) is 2.84. The molecular formula is C19H16Cl2N4O2. The van der Waals surface area contributed by atoms with E-state index >= 15 is 0 Å². The van der Waals surface area contributed by atoms with Gasteiger partial charge in [-0.3, -0.25) is 9.89 Å². The first kappa shape index (κ1) is 18.9. The minimum atomic E-state index is -0.436. The molecule has 0 aliphatic carbocycles. The summed E-state index contributed by atoms with van der Waals surface area (Å²) >= 11 is 12.1. The van der Waals surface area contributed by atoms with Crippen molar-refractivity contribution in [2.75, 3.05) is 6.61 Å². The van der Waals surface area contributed by atoms with Crippen molar-refractivity contribution >= 4 is 35.3 Å². The number of hydrogen-bond acceptors (Lipinski definition) is 4. The molecule has 2 N–H and O–H groups in total. The molecule has 0 unspecified atom stereocenters. The Morgan fingerprint density at radius 2 is 1.96 bits per heavy atom. The van der Waals surface area contributed by atoms with E-state index < -0.39 is 5.91 Å². The topological polar surface area (TPSA) is 79.4 Å². The molecule has 3 rings (SSSR count). The van der Waals surface area contributed by atoms with Crippen LogP contribution in [-0.4, -0.2) is 28.9 Å². The number of carbonyl (C=O) groups excluding carboxylic acids is 1. The van der Waals surface area contributed by atoms with Gasteiger partial charge >= 0.3 is 0 Å². The number of amides is 1. The molecule has 0 bridgehead atoms. The number of halogens is 2. The second-order valence-electron chi connectivity index (χ2n) is 5.46. The molecule has 0 aliphatic rings. The molecule has 138 valence electrons. The Balaban J connectivity index is 1.70. The SMILES string of the molecule is CCOc1cccc(-c2cc(C(=O)N/N=C/c3c(Cl)cccc3Cl)[nH]n2)c1. The van der Waals surface area contributed by atoms with Gasteiger partial charge in [-0.25, -0.2) is 5.43 Å². The average Bonchev–Trinajstić information content (AvgIpc) is 3.15. The summed E-state index contributed by atoms with van der Waals surface area (Å²) in [4.78, 5) is 12.2. The van der Waals surface area contributed by atoms with E-state index in [9.17, 15) is 4.79 Å². The van der Waals surface area contributed by atoms with Crippen molar-refractivity contribution < 1.29 is 9.53 Å². The zero-order valence-electron chi connectivity index (χ0n) is 14.4. The number of hydrazone groups is 1. The van der Waals surface area contributed by atoms with E-state index in [4.69, 9.17) is 27.9 Å². The molecule has 3 aromatic rings. The monoisotopic (exact) mass is 402 g/mol. The van der Waals surface area contributed by atoms with Gasteiger partial charge in [0.1, 0.15) is 11.4 Å². The van der Waals surface area contributed by atoms with Gasteiger partial charge in [-0.2, -0.15) is 10.2 Å². The molecule has 0 saturated carbocycles. The fraction of sp³-hybridized carbons (Fsp3) is 0.105. The number of H-pyrrole nitrogens is 1. The minimum Gasteiger partial charge on any atom is -0.494 e. The van der Waals surface area contributed by atoms with Crippen LogP contribution in [0.2, 0.25) is 10.0 Å². The number of ether oxygens (including phenoxy) is 1. The van der Waals surface area contributed by atoms with Crippen LogP contribution in [0.15, 0.2) is 53.6 Å². The van der Waals surface area contributed by atoms with Gasteiger partial charge in [-0.05, 0) is 37.3 Å². The van der Waals surface area contributed by atoms with Gasteiger partial charge in [-0.1, -0.05) is 41.4 Å². The van der Waals surface area contributed by atoms with E-state index in [-0.39, 0.29) is 5.69 Å². The molecule has 0 atom stereocenters. The summed E-state index contributed by atoms with van der Waals surface area (Å²) in [7, 11) is 0. The van der Waals surface area contributed by atoms with Gasteiger partial charge < -0.3 is 4.74 Å². The van der Waals surface area contributed by atoms with Crippen LogP contribution in [0.25, 0.3) is 11.3 Å². The Bertz CT molecular complexity index is 965. The van der Waals surface area contributed by atoms with Crippen molar-refractivity contribution in [2.24, 2.45) is 5.10 Å². The van der Waals surface area contributed by atoms with E-state index in [2.05, 4.69) is 20.7 Å². The molecular weight excluding hydrogens is 387 g/mol. The Hall–Kier alpha value is -2.83. The molecule has 1 aromatic heterocycles. The van der Waals surface area contributed by atoms with Crippen molar-refractivity contribution in [2.45, 2.75) is 6.92 Å². The highest BCUT2D eigenvalue weighted by Gasteiger charge is 2.11.